The van der Waals surface area contributed by atoms with E-state index >= 15 is 0 Å². The van der Waals surface area contributed by atoms with E-state index in [4.69, 9.17) is 0 Å². The molecule has 2 aromatic carbocycles. The van der Waals surface area contributed by atoms with Gasteiger partial charge in [0.1, 0.15) is 0 Å². The van der Waals surface area contributed by atoms with Crippen LogP contribution in [0.5, 0.6) is 0 Å². The third-order valence-corrected chi connectivity index (χ3v) is 5.52. The molecule has 1 heterocycles. The second-order valence-electron chi connectivity index (χ2n) is 5.84. The van der Waals surface area contributed by atoms with Crippen LogP contribution >= 0.6 is 0 Å². The van der Waals surface area contributed by atoms with Gasteiger partial charge in [0.2, 0.25) is 10.0 Å². The number of sulfonamides is 1. The monoisotopic (exact) mass is 340 g/mol. The molecule has 0 aliphatic carbocycles. The van der Waals surface area contributed by atoms with Gasteiger partial charge in [-0.05, 0) is 55.8 Å². The number of hydrogen-bond donors (Lipinski definition) is 1. The number of aromatic nitrogens is 1. The fourth-order valence-electron chi connectivity index (χ4n) is 2.53. The highest BCUT2D eigenvalue weighted by molar-refractivity contribution is 7.89. The lowest BCUT2D eigenvalue weighted by Gasteiger charge is -2.15. The molecule has 124 valence electrons. The zero-order valence-corrected chi connectivity index (χ0v) is 14.5. The molecule has 3 aromatic rings. The summed E-state index contributed by atoms with van der Waals surface area (Å²) in [6.45, 7) is 3.77. The molecule has 0 amide bonds. The zero-order valence-electron chi connectivity index (χ0n) is 13.7. The van der Waals surface area contributed by atoms with Gasteiger partial charge in [-0.2, -0.15) is 0 Å². The van der Waals surface area contributed by atoms with Crippen molar-refractivity contribution in [1.82, 2.24) is 9.29 Å². The predicted octanol–water partition coefficient (Wildman–Crippen LogP) is 3.83. The summed E-state index contributed by atoms with van der Waals surface area (Å²) in [6, 6.07) is 18.3. The Balaban J connectivity index is 1.76. The van der Waals surface area contributed by atoms with Crippen molar-refractivity contribution >= 4 is 10.0 Å². The Kier molecular flexibility index (Phi) is 4.55. The van der Waals surface area contributed by atoms with Gasteiger partial charge in [0.05, 0.1) is 4.90 Å². The summed E-state index contributed by atoms with van der Waals surface area (Å²) in [5, 5.41) is 0. The predicted molar refractivity (Wildman–Crippen MR) is 95.7 cm³/mol. The van der Waals surface area contributed by atoms with Crippen molar-refractivity contribution in [3.8, 4) is 5.69 Å². The van der Waals surface area contributed by atoms with E-state index in [2.05, 4.69) is 4.72 Å². The molecule has 1 N–H and O–H groups in total. The van der Waals surface area contributed by atoms with Gasteiger partial charge < -0.3 is 4.57 Å². The minimum Gasteiger partial charge on any atom is -0.324 e. The van der Waals surface area contributed by atoms with E-state index in [0.717, 1.165) is 16.8 Å². The van der Waals surface area contributed by atoms with Crippen LogP contribution in [0.25, 0.3) is 5.69 Å². The molecule has 4 nitrogen and oxygen atoms in total. The van der Waals surface area contributed by atoms with Gasteiger partial charge in [-0.3, -0.25) is 0 Å². The van der Waals surface area contributed by atoms with Crippen LogP contribution in [0.1, 0.15) is 24.1 Å². The molecule has 5 heteroatoms. The van der Waals surface area contributed by atoms with Gasteiger partial charge in [0, 0.05) is 24.1 Å². The van der Waals surface area contributed by atoms with Gasteiger partial charge in [0.15, 0.2) is 0 Å². The van der Waals surface area contributed by atoms with E-state index in [0.29, 0.717) is 0 Å². The van der Waals surface area contributed by atoms with Gasteiger partial charge in [0.25, 0.3) is 0 Å². The summed E-state index contributed by atoms with van der Waals surface area (Å²) in [4.78, 5) is 0.281. The number of aryl methyl sites for hydroxylation is 1. The molecule has 0 radical (unpaired) electrons. The number of hydrogen-bond acceptors (Lipinski definition) is 2. The smallest absolute Gasteiger partial charge is 0.241 e. The first kappa shape index (κ1) is 16.5. The average Bonchev–Trinajstić information content (AvgIpc) is 3.09. The molecular weight excluding hydrogens is 320 g/mol. The summed E-state index contributed by atoms with van der Waals surface area (Å²) in [5.41, 5.74) is 2.99. The second-order valence-corrected chi connectivity index (χ2v) is 7.55. The molecule has 3 rings (SSSR count). The summed E-state index contributed by atoms with van der Waals surface area (Å²) >= 11 is 0. The lowest BCUT2D eigenvalue weighted by Crippen LogP contribution is -2.26. The Morgan fingerprint density at radius 2 is 1.50 bits per heavy atom. The molecule has 0 saturated carbocycles. The summed E-state index contributed by atoms with van der Waals surface area (Å²) in [6.07, 6.45) is 3.94. The van der Waals surface area contributed by atoms with Crippen LogP contribution in [0.2, 0.25) is 0 Å². The highest BCUT2D eigenvalue weighted by atomic mass is 32.2. The van der Waals surface area contributed by atoms with Crippen molar-refractivity contribution in [2.75, 3.05) is 0 Å². The minimum absolute atomic E-state index is 0.281. The third kappa shape index (κ3) is 3.58. The zero-order chi connectivity index (χ0) is 17.2. The van der Waals surface area contributed by atoms with E-state index in [1.165, 1.54) is 0 Å². The largest absolute Gasteiger partial charge is 0.324 e. The van der Waals surface area contributed by atoms with E-state index in [1.807, 2.05) is 67.2 Å². The SMILES string of the molecule is Cc1ccc(S(=O)(=O)N[C@H](C)c2ccc(-n3cccc3)cc2)cc1. The molecule has 1 atom stereocenters. The first-order chi connectivity index (χ1) is 11.5. The standard InChI is InChI=1S/C19H20N2O2S/c1-15-5-11-19(12-6-15)24(22,23)20-16(2)17-7-9-18(10-8-17)21-13-3-4-14-21/h3-14,16,20H,1-2H3/t16-/m1/s1. The van der Waals surface area contributed by atoms with Crippen molar-refractivity contribution in [1.29, 1.82) is 0 Å². The second kappa shape index (κ2) is 6.63. The van der Waals surface area contributed by atoms with Gasteiger partial charge >= 0.3 is 0 Å². The molecule has 0 spiro atoms. The molecule has 0 saturated heterocycles. The van der Waals surface area contributed by atoms with Crippen LogP contribution in [-0.2, 0) is 10.0 Å². The normalized spacial score (nSPS) is 12.9. The number of rotatable bonds is 5. The minimum atomic E-state index is -3.53. The van der Waals surface area contributed by atoms with Gasteiger partial charge in [-0.15, -0.1) is 0 Å². The van der Waals surface area contributed by atoms with E-state index in [9.17, 15) is 8.42 Å². The Bertz CT molecular complexity index is 897. The molecule has 24 heavy (non-hydrogen) atoms. The average molecular weight is 340 g/mol. The lowest BCUT2D eigenvalue weighted by atomic mass is 10.1. The van der Waals surface area contributed by atoms with Crippen LogP contribution < -0.4 is 4.72 Å². The molecule has 1 aromatic heterocycles. The molecule has 0 aliphatic rings. The van der Waals surface area contributed by atoms with Gasteiger partial charge in [-0.25, -0.2) is 13.1 Å². The molecule has 0 aliphatic heterocycles. The Morgan fingerprint density at radius 1 is 0.917 bits per heavy atom. The fraction of sp³-hybridized carbons (Fsp3) is 0.158. The van der Waals surface area contributed by atoms with Crippen LogP contribution in [-0.4, -0.2) is 13.0 Å². The van der Waals surface area contributed by atoms with E-state index in [1.54, 1.807) is 24.3 Å². The lowest BCUT2D eigenvalue weighted by molar-refractivity contribution is 0.567. The first-order valence-corrected chi connectivity index (χ1v) is 9.26. The fourth-order valence-corrected chi connectivity index (χ4v) is 3.76. The Hall–Kier alpha value is -2.37. The van der Waals surface area contributed by atoms with Crippen molar-refractivity contribution < 1.29 is 8.42 Å². The molecular formula is C19H20N2O2S. The van der Waals surface area contributed by atoms with Crippen LogP contribution in [0.15, 0.2) is 78.0 Å². The summed E-state index contributed by atoms with van der Waals surface area (Å²) < 4.78 is 29.7. The van der Waals surface area contributed by atoms with Crippen molar-refractivity contribution in [3.63, 3.8) is 0 Å². The Labute approximate surface area is 142 Å². The van der Waals surface area contributed by atoms with Crippen molar-refractivity contribution in [2.45, 2.75) is 24.8 Å². The van der Waals surface area contributed by atoms with E-state index in [-0.39, 0.29) is 10.9 Å². The Morgan fingerprint density at radius 3 is 2.08 bits per heavy atom. The maximum absolute atomic E-state index is 12.5. The molecule has 0 fully saturated rings. The highest BCUT2D eigenvalue weighted by Gasteiger charge is 2.18. The van der Waals surface area contributed by atoms with Crippen molar-refractivity contribution in [3.05, 3.63) is 84.2 Å². The topological polar surface area (TPSA) is 51.1 Å². The van der Waals surface area contributed by atoms with Gasteiger partial charge in [-0.1, -0.05) is 29.8 Å². The van der Waals surface area contributed by atoms with Crippen LogP contribution in [0, 0.1) is 6.92 Å². The number of nitrogens with one attached hydrogen (secondary N) is 1. The van der Waals surface area contributed by atoms with Crippen molar-refractivity contribution in [2.24, 2.45) is 0 Å². The van der Waals surface area contributed by atoms with Crippen LogP contribution in [0.3, 0.4) is 0 Å². The quantitative estimate of drug-likeness (QED) is 0.767. The first-order valence-electron chi connectivity index (χ1n) is 7.78. The summed E-state index contributed by atoms with van der Waals surface area (Å²) in [5.74, 6) is 0. The molecule has 0 unspecified atom stereocenters. The highest BCUT2D eigenvalue weighted by Crippen LogP contribution is 2.19. The maximum Gasteiger partial charge on any atom is 0.241 e. The van der Waals surface area contributed by atoms with E-state index < -0.39 is 10.0 Å². The number of nitrogens with zero attached hydrogens (tertiary/aromatic N) is 1. The summed E-state index contributed by atoms with van der Waals surface area (Å²) in [7, 11) is -3.53. The third-order valence-electron chi connectivity index (χ3n) is 3.96. The van der Waals surface area contributed by atoms with Crippen LogP contribution in [0.4, 0.5) is 0 Å². The molecule has 0 bridgehead atoms. The maximum atomic E-state index is 12.5. The number of benzene rings is 2.